The number of primary amides is 1. The van der Waals surface area contributed by atoms with Crippen molar-refractivity contribution in [2.24, 2.45) is 5.73 Å². The molecule has 0 unspecified atom stereocenters. The van der Waals surface area contributed by atoms with Gasteiger partial charge in [-0.15, -0.1) is 0 Å². The maximum atomic E-state index is 11.0. The number of carbonyl (C=O) groups is 1. The summed E-state index contributed by atoms with van der Waals surface area (Å²) in [5, 5.41) is 10.8. The number of halogens is 1. The van der Waals surface area contributed by atoms with Crippen molar-refractivity contribution in [2.75, 3.05) is 7.11 Å². The van der Waals surface area contributed by atoms with Crippen LogP contribution in [0.5, 0.6) is 11.5 Å². The molecule has 1 heterocycles. The van der Waals surface area contributed by atoms with E-state index in [1.807, 2.05) is 66.7 Å². The minimum absolute atomic E-state index is 0.200. The molecule has 0 radical (unpaired) electrons. The van der Waals surface area contributed by atoms with Gasteiger partial charge in [0.15, 0.2) is 17.3 Å². The molecule has 3 N–H and O–H groups in total. The lowest BCUT2D eigenvalue weighted by Crippen LogP contribution is -2.08. The van der Waals surface area contributed by atoms with E-state index < -0.39 is 5.91 Å². The van der Waals surface area contributed by atoms with Crippen LogP contribution in [0.2, 0.25) is 5.02 Å². The number of nitrogens with one attached hydrogen (secondary N) is 1. The first kappa shape index (κ1) is 23.9. The third kappa shape index (κ3) is 5.45. The smallest absolute Gasteiger partial charge is 0.284 e. The molecule has 0 aliphatic carbocycles. The summed E-state index contributed by atoms with van der Waals surface area (Å²) >= 11 is 6.15. The minimum atomic E-state index is -0.541. The molecule has 0 atom stereocenters. The number of amides is 1. The van der Waals surface area contributed by atoms with E-state index in [0.717, 1.165) is 21.7 Å². The van der Waals surface area contributed by atoms with E-state index in [1.165, 1.54) is 6.21 Å². The van der Waals surface area contributed by atoms with Gasteiger partial charge in [-0.25, -0.2) is 0 Å². The van der Waals surface area contributed by atoms with Gasteiger partial charge in [0.25, 0.3) is 5.91 Å². The maximum absolute atomic E-state index is 11.0. The van der Waals surface area contributed by atoms with Crippen molar-refractivity contribution in [1.82, 2.24) is 0 Å². The summed E-state index contributed by atoms with van der Waals surface area (Å²) < 4.78 is 16.3. The number of nitrogens with two attached hydrogens (primary N) is 1. The van der Waals surface area contributed by atoms with Gasteiger partial charge in [0.1, 0.15) is 12.2 Å². The van der Waals surface area contributed by atoms with Crippen LogP contribution in [-0.4, -0.2) is 19.2 Å². The molecule has 1 aromatic heterocycles. The van der Waals surface area contributed by atoms with Crippen LogP contribution in [0, 0.1) is 5.41 Å². The summed E-state index contributed by atoms with van der Waals surface area (Å²) in [6.07, 6.45) is 1.22. The van der Waals surface area contributed by atoms with E-state index in [4.69, 9.17) is 36.6 Å². The van der Waals surface area contributed by atoms with Crippen molar-refractivity contribution in [1.29, 1.82) is 5.41 Å². The number of carbonyl (C=O) groups excluding carboxylic acids is 1. The van der Waals surface area contributed by atoms with Crippen LogP contribution in [0.1, 0.15) is 21.7 Å². The first-order chi connectivity index (χ1) is 17.0. The van der Waals surface area contributed by atoms with E-state index in [-0.39, 0.29) is 5.76 Å². The van der Waals surface area contributed by atoms with Gasteiger partial charge in [-0.2, -0.15) is 0 Å². The van der Waals surface area contributed by atoms with Crippen molar-refractivity contribution in [2.45, 2.75) is 6.61 Å². The first-order valence-electron chi connectivity index (χ1n) is 10.8. The van der Waals surface area contributed by atoms with Crippen LogP contribution in [0.4, 0.5) is 0 Å². The van der Waals surface area contributed by atoms with Crippen LogP contribution in [0.15, 0.2) is 89.3 Å². The normalized spacial score (nSPS) is 10.5. The zero-order valence-corrected chi connectivity index (χ0v) is 19.7. The van der Waals surface area contributed by atoms with Gasteiger partial charge < -0.3 is 25.0 Å². The van der Waals surface area contributed by atoms with Gasteiger partial charge in [0.05, 0.1) is 12.1 Å². The molecule has 4 aromatic carbocycles. The highest BCUT2D eigenvalue weighted by atomic mass is 35.5. The average molecular weight is 487 g/mol. The Morgan fingerprint density at radius 3 is 2.46 bits per heavy atom. The van der Waals surface area contributed by atoms with Crippen molar-refractivity contribution in [3.8, 4) is 11.5 Å². The third-order valence-corrected chi connectivity index (χ3v) is 5.59. The number of hydrogen-bond acceptors (Lipinski definition) is 5. The van der Waals surface area contributed by atoms with E-state index in [1.54, 1.807) is 25.3 Å². The van der Waals surface area contributed by atoms with E-state index in [9.17, 15) is 4.79 Å². The van der Waals surface area contributed by atoms with Gasteiger partial charge in [-0.05, 0) is 46.2 Å². The van der Waals surface area contributed by atoms with Gasteiger partial charge >= 0.3 is 0 Å². The highest BCUT2D eigenvalue weighted by Gasteiger charge is 2.12. The fraction of sp³-hybridized carbons (Fsp3) is 0.0714. The van der Waals surface area contributed by atoms with Crippen LogP contribution in [0.3, 0.4) is 0 Å². The number of furan rings is 1. The van der Waals surface area contributed by atoms with Gasteiger partial charge in [0.2, 0.25) is 0 Å². The average Bonchev–Trinajstić information content (AvgIpc) is 3.34. The molecular formula is C28H23ClN2O4. The molecule has 0 bridgehead atoms. The Kier molecular flexibility index (Phi) is 7.33. The SMILES string of the molecule is COc1cc(C=N)cc(Cl)c1OCc1ccccc1.NC(=O)c1cc2c(ccc3ccccc32)o1. The summed E-state index contributed by atoms with van der Waals surface area (Å²) in [4.78, 5) is 11.0. The number of hydrogen-bond donors (Lipinski definition) is 2. The number of benzene rings is 4. The summed E-state index contributed by atoms with van der Waals surface area (Å²) in [6.45, 7) is 0.418. The van der Waals surface area contributed by atoms with E-state index >= 15 is 0 Å². The van der Waals surface area contributed by atoms with Gasteiger partial charge in [0, 0.05) is 11.6 Å². The molecule has 5 rings (SSSR count). The zero-order chi connectivity index (χ0) is 24.8. The summed E-state index contributed by atoms with van der Waals surface area (Å²) in [5.41, 5.74) is 7.60. The minimum Gasteiger partial charge on any atom is -0.493 e. The molecule has 0 aliphatic heterocycles. The van der Waals surface area contributed by atoms with E-state index in [2.05, 4.69) is 0 Å². The molecule has 6 nitrogen and oxygen atoms in total. The molecule has 176 valence electrons. The molecule has 0 spiro atoms. The van der Waals surface area contributed by atoms with E-state index in [0.29, 0.717) is 34.3 Å². The predicted molar refractivity (Wildman–Crippen MR) is 139 cm³/mol. The van der Waals surface area contributed by atoms with Crippen LogP contribution >= 0.6 is 11.6 Å². The second kappa shape index (κ2) is 10.8. The monoisotopic (exact) mass is 486 g/mol. The Hall–Kier alpha value is -4.29. The lowest BCUT2D eigenvalue weighted by atomic mass is 10.1. The van der Waals surface area contributed by atoms with Crippen molar-refractivity contribution < 1.29 is 18.7 Å². The lowest BCUT2D eigenvalue weighted by Gasteiger charge is -2.13. The molecule has 0 saturated heterocycles. The third-order valence-electron chi connectivity index (χ3n) is 5.31. The number of rotatable bonds is 6. The maximum Gasteiger partial charge on any atom is 0.284 e. The summed E-state index contributed by atoms with van der Waals surface area (Å²) in [5.74, 6) is 0.687. The summed E-state index contributed by atoms with van der Waals surface area (Å²) in [7, 11) is 1.55. The van der Waals surface area contributed by atoms with Gasteiger partial charge in [-0.1, -0.05) is 72.3 Å². The quantitative estimate of drug-likeness (QED) is 0.264. The highest BCUT2D eigenvalue weighted by Crippen LogP contribution is 2.36. The molecule has 5 aromatic rings. The van der Waals surface area contributed by atoms with Crippen molar-refractivity contribution in [3.63, 3.8) is 0 Å². The molecule has 0 fully saturated rings. The lowest BCUT2D eigenvalue weighted by molar-refractivity contribution is 0.0976. The molecule has 0 aliphatic rings. The van der Waals surface area contributed by atoms with Crippen LogP contribution in [-0.2, 0) is 6.61 Å². The Labute approximate surface area is 207 Å². The second-order valence-electron chi connectivity index (χ2n) is 7.63. The molecule has 7 heteroatoms. The number of methoxy groups -OCH3 is 1. The fourth-order valence-electron chi connectivity index (χ4n) is 3.61. The second-order valence-corrected chi connectivity index (χ2v) is 8.03. The number of ether oxygens (including phenoxy) is 2. The fourth-order valence-corrected chi connectivity index (χ4v) is 3.88. The largest absolute Gasteiger partial charge is 0.493 e. The Morgan fingerprint density at radius 2 is 1.74 bits per heavy atom. The molecular weight excluding hydrogens is 464 g/mol. The Morgan fingerprint density at radius 1 is 1.00 bits per heavy atom. The zero-order valence-electron chi connectivity index (χ0n) is 19.0. The van der Waals surface area contributed by atoms with Crippen molar-refractivity contribution in [3.05, 3.63) is 107 Å². The topological polar surface area (TPSA) is 98.5 Å². The van der Waals surface area contributed by atoms with Crippen LogP contribution < -0.4 is 15.2 Å². The molecule has 1 amide bonds. The van der Waals surface area contributed by atoms with Crippen molar-refractivity contribution >= 4 is 45.5 Å². The Balaban J connectivity index is 0.000000167. The van der Waals surface area contributed by atoms with Gasteiger partial charge in [-0.3, -0.25) is 4.79 Å². The summed E-state index contributed by atoms with van der Waals surface area (Å²) in [6, 6.07) is 26.7. The highest BCUT2D eigenvalue weighted by molar-refractivity contribution is 6.32. The first-order valence-corrected chi connectivity index (χ1v) is 11.1. The number of fused-ring (bicyclic) bond motifs is 3. The predicted octanol–water partition coefficient (Wildman–Crippen LogP) is 6.61. The van der Waals surface area contributed by atoms with Crippen LogP contribution in [0.25, 0.3) is 21.7 Å². The Bertz CT molecular complexity index is 1500. The molecule has 0 saturated carbocycles. The molecule has 35 heavy (non-hydrogen) atoms. The standard InChI is InChI=1S/C15H14ClNO2.C13H9NO2/c1-18-14-8-12(9-17)7-13(16)15(14)19-10-11-5-3-2-4-6-11;14-13(15)12-7-10-9-4-2-1-3-8(9)5-6-11(10)16-12/h2-9,17H,10H2,1H3;1-7H,(H2,14,15).